The lowest BCUT2D eigenvalue weighted by Gasteiger charge is -2.42. The van der Waals surface area contributed by atoms with Gasteiger partial charge in [-0.15, -0.1) is 0 Å². The lowest BCUT2D eigenvalue weighted by atomic mass is 9.73. The number of amides is 2. The molecule has 0 aromatic carbocycles. The Kier molecular flexibility index (Phi) is 3.69. The summed E-state index contributed by atoms with van der Waals surface area (Å²) >= 11 is 0. The zero-order valence-corrected chi connectivity index (χ0v) is 11.0. The molecular weight excluding hydrogens is 220 g/mol. The first kappa shape index (κ1) is 13.8. The zero-order chi connectivity index (χ0) is 13.3. The van der Waals surface area contributed by atoms with Crippen LogP contribution in [-0.2, 0) is 4.79 Å². The van der Waals surface area contributed by atoms with E-state index in [0.717, 1.165) is 19.3 Å². The van der Waals surface area contributed by atoms with Crippen molar-refractivity contribution in [2.45, 2.75) is 58.5 Å². The van der Waals surface area contributed by atoms with Crippen LogP contribution in [0.2, 0.25) is 0 Å². The number of hydrogen-bond acceptors (Lipinski definition) is 2. The smallest absolute Gasteiger partial charge is 0.405 e. The molecule has 0 aromatic heterocycles. The normalized spacial score (nSPS) is 20.0. The van der Waals surface area contributed by atoms with Gasteiger partial charge in [0, 0.05) is 6.04 Å². The molecule has 17 heavy (non-hydrogen) atoms. The van der Waals surface area contributed by atoms with Gasteiger partial charge in [-0.05, 0) is 31.6 Å². The van der Waals surface area contributed by atoms with Crippen LogP contribution in [0.3, 0.4) is 0 Å². The molecule has 98 valence electrons. The molecule has 5 heteroatoms. The van der Waals surface area contributed by atoms with Gasteiger partial charge in [-0.25, -0.2) is 4.79 Å². The van der Waals surface area contributed by atoms with Crippen molar-refractivity contribution >= 4 is 12.0 Å². The molecule has 0 radical (unpaired) electrons. The Labute approximate surface area is 102 Å². The van der Waals surface area contributed by atoms with Crippen molar-refractivity contribution in [3.05, 3.63) is 0 Å². The van der Waals surface area contributed by atoms with E-state index in [9.17, 15) is 9.59 Å². The van der Waals surface area contributed by atoms with E-state index >= 15 is 0 Å². The van der Waals surface area contributed by atoms with E-state index in [-0.39, 0.29) is 11.9 Å². The maximum Gasteiger partial charge on any atom is 0.405 e. The van der Waals surface area contributed by atoms with E-state index in [1.165, 1.54) is 0 Å². The first-order chi connectivity index (χ1) is 7.67. The van der Waals surface area contributed by atoms with Crippen molar-refractivity contribution in [2.24, 2.45) is 5.41 Å². The SMILES string of the molecule is CC(C)(C)C(C)(NC(=O)O)C(=O)NC1CCC1. The average Bonchev–Trinajstić information content (AvgIpc) is 2.07. The third-order valence-electron chi connectivity index (χ3n) is 3.75. The zero-order valence-electron chi connectivity index (χ0n) is 11.0. The van der Waals surface area contributed by atoms with Gasteiger partial charge in [0.1, 0.15) is 5.54 Å². The molecule has 1 fully saturated rings. The van der Waals surface area contributed by atoms with Gasteiger partial charge >= 0.3 is 6.09 Å². The quantitative estimate of drug-likeness (QED) is 0.705. The average molecular weight is 242 g/mol. The second-order valence-electron chi connectivity index (χ2n) is 5.91. The maximum atomic E-state index is 12.2. The van der Waals surface area contributed by atoms with Gasteiger partial charge in [-0.1, -0.05) is 20.8 Å². The summed E-state index contributed by atoms with van der Waals surface area (Å²) < 4.78 is 0. The highest BCUT2D eigenvalue weighted by molar-refractivity contribution is 5.90. The molecule has 5 nitrogen and oxygen atoms in total. The van der Waals surface area contributed by atoms with Crippen LogP contribution in [0.5, 0.6) is 0 Å². The van der Waals surface area contributed by atoms with Crippen molar-refractivity contribution in [3.8, 4) is 0 Å². The molecule has 1 atom stereocenters. The number of nitrogens with one attached hydrogen (secondary N) is 2. The summed E-state index contributed by atoms with van der Waals surface area (Å²) in [6.45, 7) is 7.19. The van der Waals surface area contributed by atoms with Crippen molar-refractivity contribution < 1.29 is 14.7 Å². The van der Waals surface area contributed by atoms with Gasteiger partial charge in [0.2, 0.25) is 5.91 Å². The molecule has 1 unspecified atom stereocenters. The standard InChI is InChI=1S/C12H22N2O3/c1-11(2,3)12(4,14-10(16)17)9(15)13-8-6-5-7-8/h8,14H,5-7H2,1-4H3,(H,13,15)(H,16,17). The Bertz CT molecular complexity index is 318. The van der Waals surface area contributed by atoms with Crippen molar-refractivity contribution in [2.75, 3.05) is 0 Å². The summed E-state index contributed by atoms with van der Waals surface area (Å²) in [5.41, 5.74) is -1.60. The van der Waals surface area contributed by atoms with Crippen LogP contribution in [0.15, 0.2) is 0 Å². The highest BCUT2D eigenvalue weighted by atomic mass is 16.4. The number of carboxylic acid groups (broad SMARTS) is 1. The van der Waals surface area contributed by atoms with Gasteiger partial charge < -0.3 is 15.7 Å². The second-order valence-corrected chi connectivity index (χ2v) is 5.91. The first-order valence-electron chi connectivity index (χ1n) is 5.99. The number of carbonyl (C=O) groups is 2. The summed E-state index contributed by atoms with van der Waals surface area (Å²) in [4.78, 5) is 23.1. The molecule has 1 aliphatic carbocycles. The molecule has 2 amide bonds. The highest BCUT2D eigenvalue weighted by Crippen LogP contribution is 2.31. The number of rotatable bonds is 3. The fourth-order valence-electron chi connectivity index (χ4n) is 1.68. The van der Waals surface area contributed by atoms with Gasteiger partial charge in [-0.3, -0.25) is 4.79 Å². The summed E-state index contributed by atoms with van der Waals surface area (Å²) in [6, 6.07) is 0.208. The molecule has 3 N–H and O–H groups in total. The number of hydrogen-bond donors (Lipinski definition) is 3. The van der Waals surface area contributed by atoms with Crippen molar-refractivity contribution in [1.29, 1.82) is 0 Å². The van der Waals surface area contributed by atoms with E-state index in [4.69, 9.17) is 5.11 Å². The van der Waals surface area contributed by atoms with E-state index in [1.54, 1.807) is 6.92 Å². The third kappa shape index (κ3) is 2.90. The summed E-state index contributed by atoms with van der Waals surface area (Å²) in [7, 11) is 0. The summed E-state index contributed by atoms with van der Waals surface area (Å²) in [6.07, 6.45) is 1.92. The molecule has 0 aliphatic heterocycles. The lowest BCUT2D eigenvalue weighted by molar-refractivity contribution is -0.132. The Morgan fingerprint density at radius 1 is 1.18 bits per heavy atom. The Morgan fingerprint density at radius 2 is 1.71 bits per heavy atom. The molecule has 1 saturated carbocycles. The molecule has 0 bridgehead atoms. The molecular formula is C12H22N2O3. The molecule has 0 aromatic rings. The van der Waals surface area contributed by atoms with Crippen LogP contribution in [0.4, 0.5) is 4.79 Å². The lowest BCUT2D eigenvalue weighted by Crippen LogP contribution is -2.65. The molecule has 0 saturated heterocycles. The molecule has 0 heterocycles. The first-order valence-corrected chi connectivity index (χ1v) is 5.99. The predicted octanol–water partition coefficient (Wildman–Crippen LogP) is 1.73. The van der Waals surface area contributed by atoms with Crippen LogP contribution in [0.25, 0.3) is 0 Å². The minimum atomic E-state index is -1.17. The minimum Gasteiger partial charge on any atom is -0.465 e. The van der Waals surface area contributed by atoms with Crippen LogP contribution in [0, 0.1) is 5.41 Å². The van der Waals surface area contributed by atoms with Crippen LogP contribution < -0.4 is 10.6 Å². The van der Waals surface area contributed by atoms with E-state index < -0.39 is 17.0 Å². The summed E-state index contributed by atoms with van der Waals surface area (Å²) in [5.74, 6) is -0.239. The van der Waals surface area contributed by atoms with Gasteiger partial charge in [0.05, 0.1) is 0 Å². The van der Waals surface area contributed by atoms with E-state index in [0.29, 0.717) is 0 Å². The van der Waals surface area contributed by atoms with Gasteiger partial charge in [0.15, 0.2) is 0 Å². The van der Waals surface area contributed by atoms with Crippen LogP contribution >= 0.6 is 0 Å². The molecule has 1 aliphatic rings. The topological polar surface area (TPSA) is 78.4 Å². The summed E-state index contributed by atoms with van der Waals surface area (Å²) in [5, 5.41) is 14.1. The molecule has 1 rings (SSSR count). The van der Waals surface area contributed by atoms with Crippen LogP contribution in [0.1, 0.15) is 47.0 Å². The predicted molar refractivity (Wildman–Crippen MR) is 64.8 cm³/mol. The maximum absolute atomic E-state index is 12.2. The Hall–Kier alpha value is -1.26. The van der Waals surface area contributed by atoms with E-state index in [2.05, 4.69) is 10.6 Å². The second kappa shape index (κ2) is 4.55. The van der Waals surface area contributed by atoms with Crippen LogP contribution in [-0.4, -0.2) is 28.7 Å². The third-order valence-corrected chi connectivity index (χ3v) is 3.75. The van der Waals surface area contributed by atoms with Crippen molar-refractivity contribution in [3.63, 3.8) is 0 Å². The Balaban J connectivity index is 2.80. The minimum absolute atomic E-state index is 0.208. The fraction of sp³-hybridized carbons (Fsp3) is 0.833. The number of carbonyl (C=O) groups excluding carboxylic acids is 1. The van der Waals surface area contributed by atoms with Gasteiger partial charge in [-0.2, -0.15) is 0 Å². The van der Waals surface area contributed by atoms with Gasteiger partial charge in [0.25, 0.3) is 0 Å². The largest absolute Gasteiger partial charge is 0.465 e. The van der Waals surface area contributed by atoms with Crippen molar-refractivity contribution in [1.82, 2.24) is 10.6 Å². The van der Waals surface area contributed by atoms with E-state index in [1.807, 2.05) is 20.8 Å². The Morgan fingerprint density at radius 3 is 2.00 bits per heavy atom. The fourth-order valence-corrected chi connectivity index (χ4v) is 1.68. The monoisotopic (exact) mass is 242 g/mol. The molecule has 0 spiro atoms. The highest BCUT2D eigenvalue weighted by Gasteiger charge is 2.46.